The summed E-state index contributed by atoms with van der Waals surface area (Å²) in [6, 6.07) is 6.31. The van der Waals surface area contributed by atoms with Crippen molar-refractivity contribution in [2.75, 3.05) is 11.8 Å². The zero-order valence-electron chi connectivity index (χ0n) is 12.5. The fraction of sp³-hybridized carbons (Fsp3) is 0.400. The lowest BCUT2D eigenvalue weighted by molar-refractivity contribution is 0.414. The summed E-state index contributed by atoms with van der Waals surface area (Å²) in [7, 11) is -2.06. The molecule has 0 amide bonds. The minimum absolute atomic E-state index is 0.204. The number of anilines is 1. The van der Waals surface area contributed by atoms with Crippen LogP contribution >= 0.6 is 11.3 Å². The molecule has 0 bridgehead atoms. The molecule has 1 aliphatic rings. The van der Waals surface area contributed by atoms with E-state index in [1.165, 1.54) is 28.3 Å². The topological polar surface area (TPSA) is 68.3 Å². The van der Waals surface area contributed by atoms with Gasteiger partial charge < -0.3 is 4.74 Å². The van der Waals surface area contributed by atoms with Crippen molar-refractivity contribution in [2.45, 2.75) is 31.1 Å². The summed E-state index contributed by atoms with van der Waals surface area (Å²) in [5.74, 6) is 1.26. The monoisotopic (exact) mass is 338 g/mol. The molecular weight excluding hydrogens is 320 g/mol. The fourth-order valence-corrected chi connectivity index (χ4v) is 4.92. The van der Waals surface area contributed by atoms with E-state index in [4.69, 9.17) is 4.74 Å². The molecule has 1 aromatic heterocycles. The smallest absolute Gasteiger partial charge is 0.263 e. The summed E-state index contributed by atoms with van der Waals surface area (Å²) in [6.07, 6.45) is 3.02. The molecule has 118 valence electrons. The number of rotatable bonds is 4. The molecule has 5 nitrogen and oxygen atoms in total. The van der Waals surface area contributed by atoms with E-state index in [1.54, 1.807) is 19.2 Å². The van der Waals surface area contributed by atoms with Crippen molar-refractivity contribution >= 4 is 26.5 Å². The Morgan fingerprint density at radius 3 is 2.73 bits per heavy atom. The van der Waals surface area contributed by atoms with Crippen LogP contribution in [-0.4, -0.2) is 20.5 Å². The standard InChI is InChI=1S/C15H18N2O3S2/c1-10-3-8-13-14(9-10)21-15(16-13)17-22(18,19)12-6-4-11(20-2)5-7-12/h4-7,10H,3,8-9H2,1-2H3,(H,16,17). The van der Waals surface area contributed by atoms with Gasteiger partial charge in [0.15, 0.2) is 5.13 Å². The van der Waals surface area contributed by atoms with Gasteiger partial charge in [-0.15, -0.1) is 11.3 Å². The van der Waals surface area contributed by atoms with Crippen LogP contribution in [0.4, 0.5) is 5.13 Å². The molecule has 22 heavy (non-hydrogen) atoms. The van der Waals surface area contributed by atoms with Gasteiger partial charge in [-0.1, -0.05) is 6.92 Å². The second-order valence-corrected chi connectivity index (χ2v) is 8.28. The van der Waals surface area contributed by atoms with Gasteiger partial charge in [-0.2, -0.15) is 0 Å². The molecule has 7 heteroatoms. The highest BCUT2D eigenvalue weighted by Gasteiger charge is 2.22. The third-order valence-corrected chi connectivity index (χ3v) is 6.30. The Hall–Kier alpha value is -1.60. The van der Waals surface area contributed by atoms with Crippen LogP contribution in [0.3, 0.4) is 0 Å². The highest BCUT2D eigenvalue weighted by atomic mass is 32.2. The molecule has 3 rings (SSSR count). The zero-order valence-corrected chi connectivity index (χ0v) is 14.1. The van der Waals surface area contributed by atoms with E-state index in [9.17, 15) is 8.42 Å². The lowest BCUT2D eigenvalue weighted by Crippen LogP contribution is -2.13. The SMILES string of the molecule is COc1ccc(S(=O)(=O)Nc2nc3c(s2)CC(C)CC3)cc1. The molecule has 0 spiro atoms. The first-order chi connectivity index (χ1) is 10.5. The van der Waals surface area contributed by atoms with Crippen LogP contribution in [0.5, 0.6) is 5.75 Å². The first-order valence-corrected chi connectivity index (χ1v) is 9.43. The average Bonchev–Trinajstić information content (AvgIpc) is 2.87. The molecule has 0 radical (unpaired) electrons. The van der Waals surface area contributed by atoms with Gasteiger partial charge >= 0.3 is 0 Å². The minimum Gasteiger partial charge on any atom is -0.497 e. The molecule has 0 saturated carbocycles. The van der Waals surface area contributed by atoms with Crippen LogP contribution in [0.1, 0.15) is 23.9 Å². The molecule has 1 aromatic carbocycles. The second-order valence-electron chi connectivity index (χ2n) is 5.52. The lowest BCUT2D eigenvalue weighted by Gasteiger charge is -2.15. The molecule has 2 aromatic rings. The quantitative estimate of drug-likeness (QED) is 0.930. The maximum atomic E-state index is 12.4. The van der Waals surface area contributed by atoms with Gasteiger partial charge in [0.1, 0.15) is 5.75 Å². The number of hydrogen-bond donors (Lipinski definition) is 1. The Labute approximate surface area is 134 Å². The number of ether oxygens (including phenoxy) is 1. The van der Waals surface area contributed by atoms with Gasteiger partial charge in [0.2, 0.25) is 0 Å². The highest BCUT2D eigenvalue weighted by Crippen LogP contribution is 2.33. The van der Waals surface area contributed by atoms with Crippen molar-refractivity contribution in [1.82, 2.24) is 4.98 Å². The van der Waals surface area contributed by atoms with Crippen molar-refractivity contribution in [3.05, 3.63) is 34.8 Å². The van der Waals surface area contributed by atoms with E-state index in [0.717, 1.165) is 25.0 Å². The van der Waals surface area contributed by atoms with Crippen molar-refractivity contribution < 1.29 is 13.2 Å². The molecule has 1 heterocycles. The third kappa shape index (κ3) is 3.10. The lowest BCUT2D eigenvalue weighted by atomic mass is 9.93. The number of fused-ring (bicyclic) bond motifs is 1. The summed E-state index contributed by atoms with van der Waals surface area (Å²) < 4.78 is 32.4. The number of aryl methyl sites for hydroxylation is 1. The number of nitrogens with one attached hydrogen (secondary N) is 1. The minimum atomic E-state index is -3.61. The summed E-state index contributed by atoms with van der Waals surface area (Å²) in [5.41, 5.74) is 1.04. The molecule has 1 N–H and O–H groups in total. The van der Waals surface area contributed by atoms with Crippen LogP contribution < -0.4 is 9.46 Å². The van der Waals surface area contributed by atoms with Crippen LogP contribution in [-0.2, 0) is 22.9 Å². The van der Waals surface area contributed by atoms with Crippen molar-refractivity contribution in [1.29, 1.82) is 0 Å². The van der Waals surface area contributed by atoms with E-state index in [1.807, 2.05) is 0 Å². The fourth-order valence-electron chi connectivity index (χ4n) is 2.51. The number of aromatic nitrogens is 1. The van der Waals surface area contributed by atoms with Gasteiger partial charge in [-0.25, -0.2) is 13.4 Å². The molecule has 1 atom stereocenters. The number of benzene rings is 1. The van der Waals surface area contributed by atoms with E-state index in [2.05, 4.69) is 16.6 Å². The van der Waals surface area contributed by atoms with Crippen molar-refractivity contribution in [3.63, 3.8) is 0 Å². The summed E-state index contributed by atoms with van der Waals surface area (Å²) >= 11 is 1.44. The summed E-state index contributed by atoms with van der Waals surface area (Å²) in [6.45, 7) is 2.21. The molecule has 1 unspecified atom stereocenters. The van der Waals surface area contributed by atoms with Crippen molar-refractivity contribution in [3.8, 4) is 5.75 Å². The van der Waals surface area contributed by atoms with E-state index in [-0.39, 0.29) is 4.90 Å². The molecule has 0 saturated heterocycles. The van der Waals surface area contributed by atoms with Gasteiger partial charge in [0.05, 0.1) is 17.7 Å². The van der Waals surface area contributed by atoms with E-state index in [0.29, 0.717) is 16.8 Å². The number of sulfonamides is 1. The number of hydrogen-bond acceptors (Lipinski definition) is 5. The second kappa shape index (κ2) is 5.89. The van der Waals surface area contributed by atoms with E-state index < -0.39 is 10.0 Å². The van der Waals surface area contributed by atoms with Crippen LogP contribution in [0, 0.1) is 5.92 Å². The predicted octanol–water partition coefficient (Wildman–Crippen LogP) is 3.08. The molecular formula is C15H18N2O3S2. The summed E-state index contributed by atoms with van der Waals surface area (Å²) in [4.78, 5) is 5.84. The van der Waals surface area contributed by atoms with Crippen LogP contribution in [0.15, 0.2) is 29.2 Å². The third-order valence-electron chi connectivity index (χ3n) is 3.78. The Balaban J connectivity index is 1.82. The number of nitrogens with zero attached hydrogens (tertiary/aromatic N) is 1. The first kappa shape index (κ1) is 15.3. The van der Waals surface area contributed by atoms with Gasteiger partial charge in [-0.3, -0.25) is 4.72 Å². The van der Waals surface area contributed by atoms with Crippen LogP contribution in [0.25, 0.3) is 0 Å². The predicted molar refractivity (Wildman–Crippen MR) is 87.1 cm³/mol. The Morgan fingerprint density at radius 2 is 2.05 bits per heavy atom. The first-order valence-electron chi connectivity index (χ1n) is 7.13. The molecule has 1 aliphatic carbocycles. The number of thiazole rings is 1. The average molecular weight is 338 g/mol. The normalized spacial score (nSPS) is 17.8. The van der Waals surface area contributed by atoms with Crippen molar-refractivity contribution in [2.24, 2.45) is 5.92 Å². The van der Waals surface area contributed by atoms with Gasteiger partial charge in [0.25, 0.3) is 10.0 Å². The number of methoxy groups -OCH3 is 1. The van der Waals surface area contributed by atoms with Gasteiger partial charge in [-0.05, 0) is 49.4 Å². The Bertz CT molecular complexity index is 767. The maximum absolute atomic E-state index is 12.4. The largest absolute Gasteiger partial charge is 0.497 e. The van der Waals surface area contributed by atoms with Gasteiger partial charge in [0, 0.05) is 4.88 Å². The zero-order chi connectivity index (χ0) is 15.7. The maximum Gasteiger partial charge on any atom is 0.263 e. The summed E-state index contributed by atoms with van der Waals surface area (Å²) in [5, 5.41) is 0.454. The Morgan fingerprint density at radius 1 is 1.32 bits per heavy atom. The molecule has 0 aliphatic heterocycles. The Kier molecular flexibility index (Phi) is 4.10. The van der Waals surface area contributed by atoms with Crippen LogP contribution in [0.2, 0.25) is 0 Å². The highest BCUT2D eigenvalue weighted by molar-refractivity contribution is 7.93. The molecule has 0 fully saturated rings. The van der Waals surface area contributed by atoms with E-state index >= 15 is 0 Å².